The van der Waals surface area contributed by atoms with Crippen molar-refractivity contribution in [2.75, 3.05) is 13.1 Å². The van der Waals surface area contributed by atoms with Gasteiger partial charge in [-0.1, -0.05) is 30.3 Å². The number of para-hydroxylation sites is 1. The topological polar surface area (TPSA) is 33.2 Å². The summed E-state index contributed by atoms with van der Waals surface area (Å²) in [6, 6.07) is 18.5. The van der Waals surface area contributed by atoms with Gasteiger partial charge in [-0.15, -0.1) is 22.7 Å². The number of rotatable bonds is 2. The summed E-state index contributed by atoms with van der Waals surface area (Å²) in [5.74, 6) is 0.511. The summed E-state index contributed by atoms with van der Waals surface area (Å²) in [7, 11) is 0. The van der Waals surface area contributed by atoms with E-state index in [1.807, 2.05) is 29.2 Å². The number of hydrogen-bond acceptors (Lipinski definition) is 4. The first kappa shape index (κ1) is 16.0. The van der Waals surface area contributed by atoms with Crippen molar-refractivity contribution in [3.63, 3.8) is 0 Å². The second kappa shape index (κ2) is 6.49. The minimum absolute atomic E-state index is 0.164. The minimum Gasteiger partial charge on any atom is -0.337 e. The fourth-order valence-electron chi connectivity index (χ4n) is 3.67. The lowest BCUT2D eigenvalue weighted by Crippen LogP contribution is -2.38. The zero-order valence-electron chi connectivity index (χ0n) is 14.2. The molecule has 5 rings (SSSR count). The smallest absolute Gasteiger partial charge is 0.263 e. The van der Waals surface area contributed by atoms with Crippen LogP contribution in [0.5, 0.6) is 0 Å². The van der Waals surface area contributed by atoms with Crippen molar-refractivity contribution in [2.24, 2.45) is 0 Å². The Morgan fingerprint density at radius 2 is 1.85 bits per heavy atom. The molecule has 1 aliphatic heterocycles. The Morgan fingerprint density at radius 3 is 2.69 bits per heavy atom. The molecule has 3 nitrogen and oxygen atoms in total. The van der Waals surface area contributed by atoms with Crippen molar-refractivity contribution in [3.05, 3.63) is 64.5 Å². The van der Waals surface area contributed by atoms with Gasteiger partial charge in [0.1, 0.15) is 0 Å². The van der Waals surface area contributed by atoms with E-state index >= 15 is 0 Å². The Labute approximate surface area is 159 Å². The maximum atomic E-state index is 13.0. The number of carbonyl (C=O) groups is 1. The van der Waals surface area contributed by atoms with Crippen LogP contribution in [0.4, 0.5) is 0 Å². The van der Waals surface area contributed by atoms with Gasteiger partial charge in [0.25, 0.3) is 5.91 Å². The van der Waals surface area contributed by atoms with Gasteiger partial charge in [-0.2, -0.15) is 0 Å². The molecule has 0 radical (unpaired) electrons. The number of benzene rings is 2. The molecule has 1 amide bonds. The maximum absolute atomic E-state index is 13.0. The van der Waals surface area contributed by atoms with Crippen LogP contribution in [0.25, 0.3) is 20.3 Å². The number of hydrogen-bond donors (Lipinski definition) is 0. The average molecular weight is 379 g/mol. The molecule has 0 spiro atoms. The van der Waals surface area contributed by atoms with Crippen LogP contribution in [0, 0.1) is 0 Å². The molecule has 26 heavy (non-hydrogen) atoms. The number of likely N-dealkylation sites (tertiary alicyclic amines) is 1. The van der Waals surface area contributed by atoms with Crippen molar-refractivity contribution < 1.29 is 4.79 Å². The molecule has 0 bridgehead atoms. The third kappa shape index (κ3) is 2.81. The first-order valence-corrected chi connectivity index (χ1v) is 10.5. The van der Waals surface area contributed by atoms with Crippen LogP contribution < -0.4 is 0 Å². The molecule has 2 aromatic carbocycles. The molecule has 2 aromatic heterocycles. The highest BCUT2D eigenvalue weighted by Crippen LogP contribution is 2.34. The number of amides is 1. The highest BCUT2D eigenvalue weighted by Gasteiger charge is 2.28. The fraction of sp³-hybridized carbons (Fsp3) is 0.238. The number of thiazole rings is 1. The molecule has 1 atom stereocenters. The molecule has 130 valence electrons. The predicted molar refractivity (Wildman–Crippen MR) is 109 cm³/mol. The molecule has 0 unspecified atom stereocenters. The zero-order valence-corrected chi connectivity index (χ0v) is 15.9. The van der Waals surface area contributed by atoms with Gasteiger partial charge >= 0.3 is 0 Å². The molecular formula is C21H18N2OS2. The van der Waals surface area contributed by atoms with Crippen LogP contribution >= 0.6 is 22.7 Å². The molecule has 3 heterocycles. The summed E-state index contributed by atoms with van der Waals surface area (Å²) in [6.07, 6.45) is 2.15. The minimum atomic E-state index is 0.164. The number of carbonyl (C=O) groups excluding carboxylic acids is 1. The van der Waals surface area contributed by atoms with E-state index in [0.29, 0.717) is 5.92 Å². The van der Waals surface area contributed by atoms with E-state index < -0.39 is 0 Å². The molecule has 0 N–H and O–H groups in total. The highest BCUT2D eigenvalue weighted by atomic mass is 32.1. The van der Waals surface area contributed by atoms with E-state index in [9.17, 15) is 4.79 Å². The largest absolute Gasteiger partial charge is 0.337 e. The lowest BCUT2D eigenvalue weighted by molar-refractivity contribution is 0.0712. The molecular weight excluding hydrogens is 360 g/mol. The SMILES string of the molecule is O=C(c1cc2ccccc2s1)N1CCC[C@H](c2nc3ccccc3s2)C1. The van der Waals surface area contributed by atoms with Crippen molar-refractivity contribution in [1.29, 1.82) is 0 Å². The van der Waals surface area contributed by atoms with E-state index in [1.54, 1.807) is 22.7 Å². The van der Waals surface area contributed by atoms with E-state index in [0.717, 1.165) is 41.7 Å². The van der Waals surface area contributed by atoms with Gasteiger partial charge in [-0.25, -0.2) is 4.98 Å². The van der Waals surface area contributed by atoms with Crippen molar-refractivity contribution in [1.82, 2.24) is 9.88 Å². The molecule has 4 aromatic rings. The second-order valence-electron chi connectivity index (χ2n) is 6.76. The molecule has 0 saturated carbocycles. The van der Waals surface area contributed by atoms with E-state index in [-0.39, 0.29) is 5.91 Å². The summed E-state index contributed by atoms with van der Waals surface area (Å²) < 4.78 is 2.41. The fourth-order valence-corrected chi connectivity index (χ4v) is 5.79. The summed E-state index contributed by atoms with van der Waals surface area (Å²) in [5, 5.41) is 2.32. The second-order valence-corrected chi connectivity index (χ2v) is 8.90. The van der Waals surface area contributed by atoms with Crippen LogP contribution in [0.2, 0.25) is 0 Å². The lowest BCUT2D eigenvalue weighted by Gasteiger charge is -2.31. The number of thiophene rings is 1. The summed E-state index contributed by atoms with van der Waals surface area (Å²) in [4.78, 5) is 20.7. The highest BCUT2D eigenvalue weighted by molar-refractivity contribution is 7.20. The van der Waals surface area contributed by atoms with Gasteiger partial charge in [0.2, 0.25) is 0 Å². The lowest BCUT2D eigenvalue weighted by atomic mass is 9.98. The monoisotopic (exact) mass is 378 g/mol. The Morgan fingerprint density at radius 1 is 1.04 bits per heavy atom. The van der Waals surface area contributed by atoms with Crippen LogP contribution in [0.3, 0.4) is 0 Å². The van der Waals surface area contributed by atoms with Crippen molar-refractivity contribution in [3.8, 4) is 0 Å². The van der Waals surface area contributed by atoms with E-state index in [2.05, 4.69) is 30.3 Å². The van der Waals surface area contributed by atoms with E-state index in [1.165, 1.54) is 14.4 Å². The quantitative estimate of drug-likeness (QED) is 0.459. The Balaban J connectivity index is 1.40. The van der Waals surface area contributed by atoms with Gasteiger partial charge in [-0.05, 0) is 42.5 Å². The first-order chi connectivity index (χ1) is 12.8. The molecule has 5 heteroatoms. The maximum Gasteiger partial charge on any atom is 0.263 e. The zero-order chi connectivity index (χ0) is 17.5. The normalized spacial score (nSPS) is 17.8. The number of aromatic nitrogens is 1. The summed E-state index contributed by atoms with van der Waals surface area (Å²) in [6.45, 7) is 1.61. The standard InChI is InChI=1S/C21H18N2OS2/c24-21(19-12-14-6-1-3-9-17(14)25-19)23-11-5-7-15(13-23)20-22-16-8-2-4-10-18(16)26-20/h1-4,6,8-10,12,15H,5,7,11,13H2/t15-/m0/s1. The van der Waals surface area contributed by atoms with Gasteiger partial charge in [-0.3, -0.25) is 4.79 Å². The van der Waals surface area contributed by atoms with Gasteiger partial charge in [0.05, 0.1) is 20.1 Å². The third-order valence-electron chi connectivity index (χ3n) is 5.00. The molecule has 1 aliphatic rings. The van der Waals surface area contributed by atoms with Crippen LogP contribution in [0.1, 0.15) is 33.4 Å². The van der Waals surface area contributed by atoms with Gasteiger partial charge in [0, 0.05) is 23.7 Å². The van der Waals surface area contributed by atoms with Crippen LogP contribution in [0.15, 0.2) is 54.6 Å². The summed E-state index contributed by atoms with van der Waals surface area (Å²) >= 11 is 3.37. The Bertz CT molecular complexity index is 1030. The molecule has 0 aliphatic carbocycles. The average Bonchev–Trinajstić information content (AvgIpc) is 3.31. The molecule has 1 saturated heterocycles. The van der Waals surface area contributed by atoms with E-state index in [4.69, 9.17) is 4.98 Å². The number of nitrogens with zero attached hydrogens (tertiary/aromatic N) is 2. The first-order valence-electron chi connectivity index (χ1n) is 8.91. The Hall–Kier alpha value is -2.24. The van der Waals surface area contributed by atoms with Crippen molar-refractivity contribution in [2.45, 2.75) is 18.8 Å². The number of piperidine rings is 1. The van der Waals surface area contributed by atoms with Gasteiger partial charge in [0.15, 0.2) is 0 Å². The Kier molecular flexibility index (Phi) is 3.98. The third-order valence-corrected chi connectivity index (χ3v) is 7.31. The predicted octanol–water partition coefficient (Wildman–Crippen LogP) is 5.53. The van der Waals surface area contributed by atoms with Crippen LogP contribution in [-0.4, -0.2) is 28.9 Å². The molecule has 1 fully saturated rings. The van der Waals surface area contributed by atoms with Crippen molar-refractivity contribution >= 4 is 48.9 Å². The number of fused-ring (bicyclic) bond motifs is 2. The van der Waals surface area contributed by atoms with Gasteiger partial charge < -0.3 is 4.90 Å². The van der Waals surface area contributed by atoms with Crippen LogP contribution in [-0.2, 0) is 0 Å². The summed E-state index contributed by atoms with van der Waals surface area (Å²) in [5.41, 5.74) is 1.07.